The third-order valence-electron chi connectivity index (χ3n) is 4.37. The number of halogens is 2. The van der Waals surface area contributed by atoms with Gasteiger partial charge in [0, 0.05) is 9.50 Å². The highest BCUT2D eigenvalue weighted by atomic mass is 79.9. The van der Waals surface area contributed by atoms with Gasteiger partial charge in [-0.1, -0.05) is 51.8 Å². The summed E-state index contributed by atoms with van der Waals surface area (Å²) in [5.74, 6) is 0.870. The van der Waals surface area contributed by atoms with Crippen molar-refractivity contribution in [2.75, 3.05) is 0 Å². The molecule has 0 unspecified atom stereocenters. The van der Waals surface area contributed by atoms with Crippen LogP contribution in [0.25, 0.3) is 11.6 Å². The van der Waals surface area contributed by atoms with Crippen molar-refractivity contribution in [3.8, 4) is 11.8 Å². The Balaban J connectivity index is 1.83. The lowest BCUT2D eigenvalue weighted by atomic mass is 10.0. The SMILES string of the molecule is Cc1cc(/C=C(\C#N)c2ccc(Br)cc2)cc(C)c1OCc1ccc(Cl)cc1. The highest BCUT2D eigenvalue weighted by Crippen LogP contribution is 2.28. The predicted octanol–water partition coefficient (Wildman–Crippen LogP) is 7.36. The van der Waals surface area contributed by atoms with Gasteiger partial charge in [0.1, 0.15) is 12.4 Å². The molecule has 3 aromatic rings. The molecule has 0 saturated carbocycles. The van der Waals surface area contributed by atoms with Gasteiger partial charge >= 0.3 is 0 Å². The summed E-state index contributed by atoms with van der Waals surface area (Å²) in [4.78, 5) is 0. The van der Waals surface area contributed by atoms with E-state index in [9.17, 15) is 5.26 Å². The number of hydrogen-bond donors (Lipinski definition) is 0. The van der Waals surface area contributed by atoms with Gasteiger partial charge in [-0.3, -0.25) is 0 Å². The van der Waals surface area contributed by atoms with Crippen molar-refractivity contribution in [3.05, 3.63) is 98.0 Å². The largest absolute Gasteiger partial charge is 0.488 e. The standard InChI is InChI=1S/C24H19BrClNO/c1-16-11-19(13-21(14-27)20-5-7-22(25)8-6-20)12-17(2)24(16)28-15-18-3-9-23(26)10-4-18/h3-13H,15H2,1-2H3/b21-13+. The van der Waals surface area contributed by atoms with E-state index in [-0.39, 0.29) is 0 Å². The van der Waals surface area contributed by atoms with Crippen LogP contribution in [0.15, 0.2) is 65.1 Å². The molecule has 0 aromatic heterocycles. The number of aryl methyl sites for hydroxylation is 2. The van der Waals surface area contributed by atoms with Crippen molar-refractivity contribution in [2.24, 2.45) is 0 Å². The molecular formula is C24H19BrClNO. The number of nitriles is 1. The molecule has 0 radical (unpaired) electrons. The van der Waals surface area contributed by atoms with Crippen LogP contribution in [-0.2, 0) is 6.61 Å². The number of nitrogens with zero attached hydrogens (tertiary/aromatic N) is 1. The lowest BCUT2D eigenvalue weighted by molar-refractivity contribution is 0.302. The zero-order valence-electron chi connectivity index (χ0n) is 15.7. The fourth-order valence-corrected chi connectivity index (χ4v) is 3.40. The molecule has 0 spiro atoms. The van der Waals surface area contributed by atoms with Crippen molar-refractivity contribution in [2.45, 2.75) is 20.5 Å². The Morgan fingerprint density at radius 2 is 1.64 bits per heavy atom. The summed E-state index contributed by atoms with van der Waals surface area (Å²) in [6.07, 6.45) is 1.91. The first-order chi connectivity index (χ1) is 13.5. The van der Waals surface area contributed by atoms with E-state index >= 15 is 0 Å². The van der Waals surface area contributed by atoms with Crippen LogP contribution in [0.5, 0.6) is 5.75 Å². The number of allylic oxidation sites excluding steroid dienone is 1. The summed E-state index contributed by atoms with van der Waals surface area (Å²) in [6, 6.07) is 21.8. The van der Waals surface area contributed by atoms with Crippen molar-refractivity contribution in [1.82, 2.24) is 0 Å². The molecule has 2 nitrogen and oxygen atoms in total. The Morgan fingerprint density at radius 3 is 2.21 bits per heavy atom. The number of hydrogen-bond acceptors (Lipinski definition) is 2. The Hall–Kier alpha value is -2.54. The van der Waals surface area contributed by atoms with E-state index in [1.807, 2.05) is 80.6 Å². The lowest BCUT2D eigenvalue weighted by Crippen LogP contribution is -1.99. The zero-order chi connectivity index (χ0) is 20.1. The molecule has 140 valence electrons. The summed E-state index contributed by atoms with van der Waals surface area (Å²) in [5.41, 5.74) is 5.63. The molecule has 3 aromatic carbocycles. The topological polar surface area (TPSA) is 33.0 Å². The molecule has 0 heterocycles. The lowest BCUT2D eigenvalue weighted by Gasteiger charge is -2.13. The van der Waals surface area contributed by atoms with Crippen LogP contribution in [0.3, 0.4) is 0 Å². The van der Waals surface area contributed by atoms with Crippen LogP contribution in [0.1, 0.15) is 27.8 Å². The third kappa shape index (κ3) is 5.04. The van der Waals surface area contributed by atoms with Crippen LogP contribution in [-0.4, -0.2) is 0 Å². The molecule has 0 aliphatic rings. The average molecular weight is 453 g/mol. The van der Waals surface area contributed by atoms with Gasteiger partial charge in [0.15, 0.2) is 0 Å². The van der Waals surface area contributed by atoms with Crippen molar-refractivity contribution in [3.63, 3.8) is 0 Å². The maximum absolute atomic E-state index is 9.57. The summed E-state index contributed by atoms with van der Waals surface area (Å²) < 4.78 is 7.03. The maximum atomic E-state index is 9.57. The van der Waals surface area contributed by atoms with Gasteiger partial charge in [-0.15, -0.1) is 0 Å². The van der Waals surface area contributed by atoms with Crippen molar-refractivity contribution >= 4 is 39.2 Å². The second kappa shape index (κ2) is 9.10. The van der Waals surface area contributed by atoms with E-state index < -0.39 is 0 Å². The van der Waals surface area contributed by atoms with Crippen LogP contribution in [0, 0.1) is 25.2 Å². The van der Waals surface area contributed by atoms with E-state index in [4.69, 9.17) is 16.3 Å². The normalized spacial score (nSPS) is 11.2. The molecule has 0 N–H and O–H groups in total. The van der Waals surface area contributed by atoms with E-state index in [0.29, 0.717) is 17.2 Å². The molecule has 3 rings (SSSR count). The molecule has 0 saturated heterocycles. The van der Waals surface area contributed by atoms with Crippen LogP contribution < -0.4 is 4.74 Å². The number of rotatable bonds is 5. The maximum Gasteiger partial charge on any atom is 0.125 e. The molecule has 0 fully saturated rings. The first kappa shape index (κ1) is 20.2. The Labute approximate surface area is 179 Å². The van der Waals surface area contributed by atoms with Gasteiger partial charge in [0.2, 0.25) is 0 Å². The summed E-state index contributed by atoms with van der Waals surface area (Å²) in [6.45, 7) is 4.52. The Morgan fingerprint density at radius 1 is 1.04 bits per heavy atom. The fourth-order valence-electron chi connectivity index (χ4n) is 3.01. The fraction of sp³-hybridized carbons (Fsp3) is 0.125. The predicted molar refractivity (Wildman–Crippen MR) is 119 cm³/mol. The van der Waals surface area contributed by atoms with Gasteiger partial charge < -0.3 is 4.74 Å². The number of ether oxygens (including phenoxy) is 1. The molecule has 28 heavy (non-hydrogen) atoms. The Bertz CT molecular complexity index is 1020. The first-order valence-electron chi connectivity index (χ1n) is 8.82. The molecule has 0 atom stereocenters. The molecule has 0 amide bonds. The average Bonchev–Trinajstić information content (AvgIpc) is 2.67. The highest BCUT2D eigenvalue weighted by Gasteiger charge is 2.08. The number of benzene rings is 3. The quantitative estimate of drug-likeness (QED) is 0.299. The summed E-state index contributed by atoms with van der Waals surface area (Å²) >= 11 is 9.35. The Kier molecular flexibility index (Phi) is 6.57. The third-order valence-corrected chi connectivity index (χ3v) is 5.15. The van der Waals surface area contributed by atoms with Gasteiger partial charge in [0.05, 0.1) is 11.6 Å². The zero-order valence-corrected chi connectivity index (χ0v) is 18.0. The monoisotopic (exact) mass is 451 g/mol. The van der Waals surface area contributed by atoms with Gasteiger partial charge in [-0.05, 0) is 84.1 Å². The van der Waals surface area contributed by atoms with Crippen molar-refractivity contribution in [1.29, 1.82) is 5.26 Å². The minimum atomic E-state index is 0.483. The summed E-state index contributed by atoms with van der Waals surface area (Å²) in [7, 11) is 0. The molecular weight excluding hydrogens is 434 g/mol. The van der Waals surface area contributed by atoms with Gasteiger partial charge in [-0.2, -0.15) is 5.26 Å². The van der Waals surface area contributed by atoms with Crippen molar-refractivity contribution < 1.29 is 4.74 Å². The second-order valence-electron chi connectivity index (χ2n) is 6.58. The van der Waals surface area contributed by atoms with E-state index in [1.54, 1.807) is 0 Å². The minimum Gasteiger partial charge on any atom is -0.488 e. The van der Waals surface area contributed by atoms with Gasteiger partial charge in [0.25, 0.3) is 0 Å². The van der Waals surface area contributed by atoms with E-state index in [2.05, 4.69) is 22.0 Å². The second-order valence-corrected chi connectivity index (χ2v) is 7.93. The molecule has 0 aliphatic carbocycles. The van der Waals surface area contributed by atoms with Gasteiger partial charge in [-0.25, -0.2) is 0 Å². The van der Waals surface area contributed by atoms with Crippen LogP contribution >= 0.6 is 27.5 Å². The summed E-state index contributed by atoms with van der Waals surface area (Å²) in [5, 5.41) is 10.3. The minimum absolute atomic E-state index is 0.483. The molecule has 4 heteroatoms. The molecule has 0 bridgehead atoms. The first-order valence-corrected chi connectivity index (χ1v) is 9.99. The van der Waals surface area contributed by atoms with Crippen LogP contribution in [0.4, 0.5) is 0 Å². The molecule has 0 aliphatic heterocycles. The smallest absolute Gasteiger partial charge is 0.125 e. The van der Waals surface area contributed by atoms with Crippen LogP contribution in [0.2, 0.25) is 5.02 Å². The van der Waals surface area contributed by atoms with E-state index in [1.165, 1.54) is 0 Å². The highest BCUT2D eigenvalue weighted by molar-refractivity contribution is 9.10. The van der Waals surface area contributed by atoms with E-state index in [0.717, 1.165) is 38.0 Å².